The average molecular weight is 268 g/mol. The molecule has 0 saturated carbocycles. The van der Waals surface area contributed by atoms with Gasteiger partial charge in [0.15, 0.2) is 12.1 Å². The van der Waals surface area contributed by atoms with Crippen LogP contribution < -0.4 is 0 Å². The van der Waals surface area contributed by atoms with Crippen LogP contribution in [-0.2, 0) is 28.5 Å². The number of hydrogen-bond donors (Lipinski definition) is 1. The molecule has 0 aliphatic carbocycles. The summed E-state index contributed by atoms with van der Waals surface area (Å²) >= 11 is 0. The van der Waals surface area contributed by atoms with Crippen LogP contribution in [0, 0.1) is 0 Å². The molecule has 17 heavy (non-hydrogen) atoms. The Labute approximate surface area is 99.7 Å². The van der Waals surface area contributed by atoms with Crippen LogP contribution in [0.15, 0.2) is 0 Å². The minimum atomic E-state index is -3.55. The normalized spacial score (nSPS) is 40.5. The van der Waals surface area contributed by atoms with Crippen LogP contribution in [0.1, 0.15) is 13.8 Å². The van der Waals surface area contributed by atoms with E-state index in [2.05, 4.69) is 4.18 Å². The van der Waals surface area contributed by atoms with Gasteiger partial charge in [-0.05, 0) is 13.8 Å². The Hall–Kier alpha value is -0.250. The standard InChI is InChI=1S/C9H16O7S/c1-9(2)15-7-6(10)5(14-8(7)16-9)4-13-17(3,11)12/h5-8,10H,4H2,1-3H3/t5-,6-,7+,8+/m0/s1. The first-order chi connectivity index (χ1) is 7.68. The van der Waals surface area contributed by atoms with Gasteiger partial charge in [0.1, 0.15) is 18.3 Å². The van der Waals surface area contributed by atoms with Gasteiger partial charge in [-0.3, -0.25) is 4.18 Å². The molecule has 0 aromatic heterocycles. The van der Waals surface area contributed by atoms with E-state index in [1.807, 2.05) is 0 Å². The summed E-state index contributed by atoms with van der Waals surface area (Å²) in [6.45, 7) is 3.17. The maximum absolute atomic E-state index is 10.8. The largest absolute Gasteiger partial charge is 0.387 e. The van der Waals surface area contributed by atoms with Crippen molar-refractivity contribution in [2.75, 3.05) is 12.9 Å². The Bertz CT molecular complexity index is 390. The molecule has 0 bridgehead atoms. The lowest BCUT2D eigenvalue weighted by Crippen LogP contribution is -2.37. The first kappa shape index (κ1) is 13.2. The van der Waals surface area contributed by atoms with E-state index >= 15 is 0 Å². The molecule has 2 aliphatic heterocycles. The molecule has 100 valence electrons. The Kier molecular flexibility index (Phi) is 3.22. The molecule has 2 fully saturated rings. The van der Waals surface area contributed by atoms with Crippen molar-refractivity contribution < 1.29 is 31.9 Å². The van der Waals surface area contributed by atoms with Crippen LogP contribution in [-0.4, -0.2) is 56.8 Å². The summed E-state index contributed by atoms with van der Waals surface area (Å²) in [5.74, 6) is -0.807. The van der Waals surface area contributed by atoms with Crippen LogP contribution in [0.4, 0.5) is 0 Å². The zero-order valence-corrected chi connectivity index (χ0v) is 10.6. The number of ether oxygens (including phenoxy) is 3. The van der Waals surface area contributed by atoms with Gasteiger partial charge in [-0.25, -0.2) is 0 Å². The summed E-state index contributed by atoms with van der Waals surface area (Å²) < 4.78 is 42.4. The molecule has 2 aliphatic rings. The molecule has 2 saturated heterocycles. The second kappa shape index (κ2) is 4.15. The predicted molar refractivity (Wildman–Crippen MR) is 55.5 cm³/mol. The molecule has 4 atom stereocenters. The van der Waals surface area contributed by atoms with Crippen molar-refractivity contribution in [3.05, 3.63) is 0 Å². The van der Waals surface area contributed by atoms with E-state index in [-0.39, 0.29) is 6.61 Å². The monoisotopic (exact) mass is 268 g/mol. The van der Waals surface area contributed by atoms with E-state index in [0.717, 1.165) is 6.26 Å². The van der Waals surface area contributed by atoms with Gasteiger partial charge in [0.05, 0.1) is 12.9 Å². The second-order valence-corrected chi connectivity index (χ2v) is 6.27. The molecule has 7 nitrogen and oxygen atoms in total. The summed E-state index contributed by atoms with van der Waals surface area (Å²) in [5, 5.41) is 9.88. The number of aliphatic hydroxyl groups excluding tert-OH is 1. The van der Waals surface area contributed by atoms with Crippen molar-refractivity contribution in [1.29, 1.82) is 0 Å². The van der Waals surface area contributed by atoms with Crippen molar-refractivity contribution in [1.82, 2.24) is 0 Å². The maximum Gasteiger partial charge on any atom is 0.264 e. The molecule has 0 unspecified atom stereocenters. The minimum Gasteiger partial charge on any atom is -0.387 e. The summed E-state index contributed by atoms with van der Waals surface area (Å²) in [6.07, 6.45) is -2.10. The SMILES string of the molecule is CC1(C)O[C@H]2O[C@@H](COS(C)(=O)=O)[C@H](O)[C@H]2O1. The summed E-state index contributed by atoms with van der Waals surface area (Å²) in [4.78, 5) is 0. The van der Waals surface area contributed by atoms with E-state index in [9.17, 15) is 13.5 Å². The lowest BCUT2D eigenvalue weighted by molar-refractivity contribution is -0.217. The Morgan fingerprint density at radius 1 is 1.35 bits per heavy atom. The molecule has 2 rings (SSSR count). The number of rotatable bonds is 3. The highest BCUT2D eigenvalue weighted by molar-refractivity contribution is 7.85. The van der Waals surface area contributed by atoms with Crippen LogP contribution in [0.5, 0.6) is 0 Å². The van der Waals surface area contributed by atoms with E-state index in [1.54, 1.807) is 13.8 Å². The summed E-state index contributed by atoms with van der Waals surface area (Å²) in [7, 11) is -3.55. The van der Waals surface area contributed by atoms with E-state index in [0.29, 0.717) is 0 Å². The van der Waals surface area contributed by atoms with Gasteiger partial charge in [0, 0.05) is 0 Å². The fourth-order valence-corrected chi connectivity index (χ4v) is 2.27. The van der Waals surface area contributed by atoms with Gasteiger partial charge in [-0.2, -0.15) is 8.42 Å². The quantitative estimate of drug-likeness (QED) is 0.670. The first-order valence-electron chi connectivity index (χ1n) is 5.21. The second-order valence-electron chi connectivity index (χ2n) is 4.62. The molecule has 0 radical (unpaired) electrons. The third-order valence-corrected chi connectivity index (χ3v) is 3.13. The summed E-state index contributed by atoms with van der Waals surface area (Å²) in [6, 6.07) is 0. The topological polar surface area (TPSA) is 91.3 Å². The molecule has 2 heterocycles. The van der Waals surface area contributed by atoms with E-state index in [1.165, 1.54) is 0 Å². The van der Waals surface area contributed by atoms with Gasteiger partial charge < -0.3 is 19.3 Å². The number of aliphatic hydroxyl groups is 1. The molecule has 1 N–H and O–H groups in total. The fraction of sp³-hybridized carbons (Fsp3) is 1.00. The highest BCUT2D eigenvalue weighted by atomic mass is 32.2. The van der Waals surface area contributed by atoms with Crippen LogP contribution >= 0.6 is 0 Å². The molecular weight excluding hydrogens is 252 g/mol. The lowest BCUT2D eigenvalue weighted by atomic mass is 10.1. The fourth-order valence-electron chi connectivity index (χ4n) is 1.89. The molecule has 8 heteroatoms. The molecule has 0 aromatic carbocycles. The van der Waals surface area contributed by atoms with E-state index < -0.39 is 40.5 Å². The first-order valence-corrected chi connectivity index (χ1v) is 7.03. The zero-order valence-electron chi connectivity index (χ0n) is 9.82. The van der Waals surface area contributed by atoms with Crippen LogP contribution in [0.25, 0.3) is 0 Å². The van der Waals surface area contributed by atoms with Gasteiger partial charge in [0.2, 0.25) is 0 Å². The third kappa shape index (κ3) is 2.95. The van der Waals surface area contributed by atoms with Crippen molar-refractivity contribution in [3.63, 3.8) is 0 Å². The third-order valence-electron chi connectivity index (χ3n) is 2.56. The van der Waals surface area contributed by atoms with Crippen LogP contribution in [0.3, 0.4) is 0 Å². The van der Waals surface area contributed by atoms with Crippen molar-refractivity contribution >= 4 is 10.1 Å². The Morgan fingerprint density at radius 2 is 2.00 bits per heavy atom. The van der Waals surface area contributed by atoms with Gasteiger partial charge in [0.25, 0.3) is 10.1 Å². The van der Waals surface area contributed by atoms with Gasteiger partial charge in [-0.15, -0.1) is 0 Å². The Morgan fingerprint density at radius 3 is 2.53 bits per heavy atom. The molecule has 0 spiro atoms. The van der Waals surface area contributed by atoms with Crippen LogP contribution in [0.2, 0.25) is 0 Å². The minimum absolute atomic E-state index is 0.250. The molecular formula is C9H16O7S. The number of hydrogen-bond acceptors (Lipinski definition) is 7. The zero-order chi connectivity index (χ0) is 12.8. The maximum atomic E-state index is 10.8. The predicted octanol–water partition coefficient (Wildman–Crippen LogP) is -0.800. The summed E-state index contributed by atoms with van der Waals surface area (Å²) in [5.41, 5.74) is 0. The molecule has 0 amide bonds. The number of fused-ring (bicyclic) bond motifs is 1. The van der Waals surface area contributed by atoms with Crippen molar-refractivity contribution in [3.8, 4) is 0 Å². The average Bonchev–Trinajstić information content (AvgIpc) is 2.57. The Balaban J connectivity index is 1.94. The lowest BCUT2D eigenvalue weighted by Gasteiger charge is -2.22. The van der Waals surface area contributed by atoms with Crippen molar-refractivity contribution in [2.45, 2.75) is 44.2 Å². The smallest absolute Gasteiger partial charge is 0.264 e. The van der Waals surface area contributed by atoms with Crippen molar-refractivity contribution in [2.24, 2.45) is 0 Å². The highest BCUT2D eigenvalue weighted by Crippen LogP contribution is 2.37. The van der Waals surface area contributed by atoms with E-state index in [4.69, 9.17) is 14.2 Å². The molecule has 0 aromatic rings. The van der Waals surface area contributed by atoms with Gasteiger partial charge >= 0.3 is 0 Å². The van der Waals surface area contributed by atoms with Gasteiger partial charge in [-0.1, -0.05) is 0 Å². The highest BCUT2D eigenvalue weighted by Gasteiger charge is 2.54.